The minimum absolute atomic E-state index is 0.0258. The molecule has 0 aliphatic carbocycles. The highest BCUT2D eigenvalue weighted by atomic mass is 16.2. The third-order valence-electron chi connectivity index (χ3n) is 4.96. The van der Waals surface area contributed by atoms with Gasteiger partial charge in [-0.3, -0.25) is 4.90 Å². The monoisotopic (exact) mass is 349 g/mol. The van der Waals surface area contributed by atoms with Gasteiger partial charge >= 0.3 is 6.03 Å². The molecule has 0 radical (unpaired) electrons. The molecule has 6 nitrogen and oxygen atoms in total. The van der Waals surface area contributed by atoms with Gasteiger partial charge in [-0.05, 0) is 17.9 Å². The molecule has 0 saturated carbocycles. The van der Waals surface area contributed by atoms with Gasteiger partial charge in [-0.15, -0.1) is 0 Å². The van der Waals surface area contributed by atoms with E-state index in [1.807, 2.05) is 30.2 Å². The molecule has 6 heteroatoms. The summed E-state index contributed by atoms with van der Waals surface area (Å²) in [5, 5.41) is 5.35. The highest BCUT2D eigenvalue weighted by molar-refractivity contribution is 6.02. The average molecular weight is 349 g/mol. The Morgan fingerprint density at radius 3 is 2.73 bits per heavy atom. The maximum absolute atomic E-state index is 12.8. The molecule has 2 N–H and O–H groups in total. The van der Waals surface area contributed by atoms with Crippen molar-refractivity contribution in [1.29, 1.82) is 0 Å². The molecule has 1 fully saturated rings. The second-order valence-electron chi connectivity index (χ2n) is 6.71. The SMILES string of the molecule is Cc1ccc2ccccc2c1NC(=O)N1CCN(Cc2ncc[nH]2)CC1. The summed E-state index contributed by atoms with van der Waals surface area (Å²) in [7, 11) is 0. The minimum Gasteiger partial charge on any atom is -0.348 e. The van der Waals surface area contributed by atoms with Crippen molar-refractivity contribution >= 4 is 22.5 Å². The van der Waals surface area contributed by atoms with Crippen molar-refractivity contribution in [1.82, 2.24) is 19.8 Å². The molecule has 0 unspecified atom stereocenters. The van der Waals surface area contributed by atoms with Gasteiger partial charge in [-0.25, -0.2) is 9.78 Å². The number of nitrogens with one attached hydrogen (secondary N) is 2. The number of H-pyrrole nitrogens is 1. The number of carbonyl (C=O) groups excluding carboxylic acids is 1. The Hall–Kier alpha value is -2.86. The molecule has 0 atom stereocenters. The van der Waals surface area contributed by atoms with Gasteiger partial charge in [-0.1, -0.05) is 36.4 Å². The van der Waals surface area contributed by atoms with Gasteiger partial charge in [0.15, 0.2) is 0 Å². The number of urea groups is 1. The fourth-order valence-electron chi connectivity index (χ4n) is 3.44. The summed E-state index contributed by atoms with van der Waals surface area (Å²) < 4.78 is 0. The molecule has 4 rings (SSSR count). The molecule has 26 heavy (non-hydrogen) atoms. The fourth-order valence-corrected chi connectivity index (χ4v) is 3.44. The number of carbonyl (C=O) groups is 1. The minimum atomic E-state index is -0.0258. The molecule has 2 amide bonds. The van der Waals surface area contributed by atoms with Crippen LogP contribution in [0.25, 0.3) is 10.8 Å². The number of aromatic amines is 1. The Morgan fingerprint density at radius 2 is 1.96 bits per heavy atom. The van der Waals surface area contributed by atoms with Crippen LogP contribution in [0.1, 0.15) is 11.4 Å². The van der Waals surface area contributed by atoms with Crippen molar-refractivity contribution in [2.24, 2.45) is 0 Å². The van der Waals surface area contributed by atoms with E-state index in [1.54, 1.807) is 6.20 Å². The zero-order chi connectivity index (χ0) is 17.9. The van der Waals surface area contributed by atoms with Crippen molar-refractivity contribution in [2.45, 2.75) is 13.5 Å². The lowest BCUT2D eigenvalue weighted by Crippen LogP contribution is -2.49. The molecule has 0 bridgehead atoms. The van der Waals surface area contributed by atoms with Crippen molar-refractivity contribution in [3.63, 3.8) is 0 Å². The van der Waals surface area contributed by atoms with Gasteiger partial charge in [0.25, 0.3) is 0 Å². The van der Waals surface area contributed by atoms with Crippen LogP contribution in [0.3, 0.4) is 0 Å². The number of aromatic nitrogens is 2. The van der Waals surface area contributed by atoms with Crippen LogP contribution in [-0.2, 0) is 6.54 Å². The van der Waals surface area contributed by atoms with E-state index in [1.165, 1.54) is 0 Å². The number of aryl methyl sites for hydroxylation is 1. The number of benzene rings is 2. The van der Waals surface area contributed by atoms with E-state index in [-0.39, 0.29) is 6.03 Å². The van der Waals surface area contributed by atoms with Crippen LogP contribution in [0.4, 0.5) is 10.5 Å². The Morgan fingerprint density at radius 1 is 1.15 bits per heavy atom. The lowest BCUT2D eigenvalue weighted by atomic mass is 10.0. The second kappa shape index (κ2) is 7.17. The van der Waals surface area contributed by atoms with Crippen LogP contribution in [0.15, 0.2) is 48.8 Å². The molecule has 134 valence electrons. The van der Waals surface area contributed by atoms with E-state index in [9.17, 15) is 4.79 Å². The third kappa shape index (κ3) is 3.41. The van der Waals surface area contributed by atoms with Gasteiger partial charge in [0.05, 0.1) is 12.2 Å². The first kappa shape index (κ1) is 16.6. The molecule has 1 aromatic heterocycles. The van der Waals surface area contributed by atoms with E-state index in [0.29, 0.717) is 0 Å². The molecule has 1 saturated heterocycles. The summed E-state index contributed by atoms with van der Waals surface area (Å²) in [6.45, 7) is 5.96. The number of hydrogen-bond acceptors (Lipinski definition) is 3. The first-order valence-electron chi connectivity index (χ1n) is 8.95. The first-order valence-corrected chi connectivity index (χ1v) is 8.95. The maximum atomic E-state index is 12.8. The highest BCUT2D eigenvalue weighted by Gasteiger charge is 2.22. The predicted molar refractivity (Wildman–Crippen MR) is 103 cm³/mol. The summed E-state index contributed by atoms with van der Waals surface area (Å²) in [6.07, 6.45) is 3.61. The Balaban J connectivity index is 1.41. The summed E-state index contributed by atoms with van der Waals surface area (Å²) in [4.78, 5) is 24.4. The Bertz CT molecular complexity index is 898. The summed E-state index contributed by atoms with van der Waals surface area (Å²) in [5.41, 5.74) is 1.99. The number of imidazole rings is 1. The molecule has 1 aliphatic rings. The van der Waals surface area contributed by atoms with Crippen LogP contribution < -0.4 is 5.32 Å². The molecular formula is C20H23N5O. The van der Waals surface area contributed by atoms with Crippen molar-refractivity contribution in [2.75, 3.05) is 31.5 Å². The van der Waals surface area contributed by atoms with Crippen LogP contribution >= 0.6 is 0 Å². The summed E-state index contributed by atoms with van der Waals surface area (Å²) >= 11 is 0. The summed E-state index contributed by atoms with van der Waals surface area (Å²) in [6, 6.07) is 12.3. The number of piperazine rings is 1. The predicted octanol–water partition coefficient (Wildman–Crippen LogP) is 3.22. The standard InChI is InChI=1S/C20H23N5O/c1-15-6-7-16-4-2-3-5-17(16)19(15)23-20(26)25-12-10-24(11-13-25)14-18-21-8-9-22-18/h2-9H,10-14H2,1H3,(H,21,22)(H,23,26). The number of hydrogen-bond donors (Lipinski definition) is 2. The lowest BCUT2D eigenvalue weighted by Gasteiger charge is -2.34. The average Bonchev–Trinajstić information content (AvgIpc) is 3.17. The second-order valence-corrected chi connectivity index (χ2v) is 6.71. The first-order chi connectivity index (χ1) is 12.7. The van der Waals surface area contributed by atoms with Crippen LogP contribution in [-0.4, -0.2) is 52.0 Å². The van der Waals surface area contributed by atoms with Gasteiger partial charge in [0, 0.05) is 44.0 Å². The number of fused-ring (bicyclic) bond motifs is 1. The van der Waals surface area contributed by atoms with Gasteiger partial charge in [0.2, 0.25) is 0 Å². The number of rotatable bonds is 3. The molecule has 3 aromatic rings. The highest BCUT2D eigenvalue weighted by Crippen LogP contribution is 2.27. The molecule has 2 aromatic carbocycles. The molecule has 0 spiro atoms. The molecule has 2 heterocycles. The Kier molecular flexibility index (Phi) is 4.58. The Labute approximate surface area is 152 Å². The summed E-state index contributed by atoms with van der Waals surface area (Å²) in [5.74, 6) is 0.967. The van der Waals surface area contributed by atoms with Crippen LogP contribution in [0, 0.1) is 6.92 Å². The quantitative estimate of drug-likeness (QED) is 0.763. The van der Waals surface area contributed by atoms with Gasteiger partial charge < -0.3 is 15.2 Å². The zero-order valence-corrected chi connectivity index (χ0v) is 14.9. The van der Waals surface area contributed by atoms with Crippen molar-refractivity contribution < 1.29 is 4.79 Å². The zero-order valence-electron chi connectivity index (χ0n) is 14.9. The molecule has 1 aliphatic heterocycles. The smallest absolute Gasteiger partial charge is 0.321 e. The van der Waals surface area contributed by atoms with Crippen LogP contribution in [0.5, 0.6) is 0 Å². The van der Waals surface area contributed by atoms with Crippen LogP contribution in [0.2, 0.25) is 0 Å². The normalized spacial score (nSPS) is 15.3. The topological polar surface area (TPSA) is 64.3 Å². The fraction of sp³-hybridized carbons (Fsp3) is 0.300. The van der Waals surface area contributed by atoms with Gasteiger partial charge in [-0.2, -0.15) is 0 Å². The third-order valence-corrected chi connectivity index (χ3v) is 4.96. The van der Waals surface area contributed by atoms with E-state index >= 15 is 0 Å². The molecular weight excluding hydrogens is 326 g/mol. The number of anilines is 1. The number of nitrogens with zero attached hydrogens (tertiary/aromatic N) is 3. The number of amides is 2. The lowest BCUT2D eigenvalue weighted by molar-refractivity contribution is 0.141. The van der Waals surface area contributed by atoms with Crippen molar-refractivity contribution in [3.05, 3.63) is 60.2 Å². The maximum Gasteiger partial charge on any atom is 0.321 e. The van der Waals surface area contributed by atoms with E-state index in [2.05, 4.69) is 44.5 Å². The van der Waals surface area contributed by atoms with Gasteiger partial charge in [0.1, 0.15) is 5.82 Å². The van der Waals surface area contributed by atoms with Crippen molar-refractivity contribution in [3.8, 4) is 0 Å². The van der Waals surface area contributed by atoms with E-state index in [4.69, 9.17) is 0 Å². The largest absolute Gasteiger partial charge is 0.348 e. The van der Waals surface area contributed by atoms with E-state index < -0.39 is 0 Å². The van der Waals surface area contributed by atoms with E-state index in [0.717, 1.165) is 60.6 Å².